The number of ether oxygens (including phenoxy) is 1. The fraction of sp³-hybridized carbons (Fsp3) is 0.842. The molecule has 2 aliphatic heterocycles. The topological polar surface area (TPSA) is 66.8 Å². The van der Waals surface area contributed by atoms with Crippen LogP contribution < -0.4 is 0 Å². The summed E-state index contributed by atoms with van der Waals surface area (Å²) in [5.74, 6) is 2.12. The lowest BCUT2D eigenvalue weighted by Gasteiger charge is -2.27. The second-order valence-corrected chi connectivity index (χ2v) is 9.76. The molecule has 0 aromatic carbocycles. The van der Waals surface area contributed by atoms with E-state index in [-0.39, 0.29) is 5.91 Å². The van der Waals surface area contributed by atoms with E-state index in [0.717, 1.165) is 37.2 Å². The Labute approximate surface area is 154 Å². The maximum Gasteiger partial charge on any atom is 0.251 e. The molecule has 2 rings (SSSR count). The number of allylic oxidation sites excluding steroid dienone is 2. The third-order valence-electron chi connectivity index (χ3n) is 5.67. The zero-order valence-corrected chi connectivity index (χ0v) is 16.8. The van der Waals surface area contributed by atoms with Crippen LogP contribution in [0.2, 0.25) is 0 Å². The minimum atomic E-state index is -0.740. The molecule has 0 radical (unpaired) electrons. The fourth-order valence-electron chi connectivity index (χ4n) is 4.12. The van der Waals surface area contributed by atoms with E-state index in [2.05, 4.69) is 12.2 Å². The summed E-state index contributed by atoms with van der Waals surface area (Å²) in [6.45, 7) is 5.69. The van der Waals surface area contributed by atoms with Gasteiger partial charge < -0.3 is 4.74 Å². The third-order valence-corrected chi connectivity index (χ3v) is 7.08. The van der Waals surface area contributed by atoms with Crippen LogP contribution in [0, 0.1) is 17.3 Å². The lowest BCUT2D eigenvalue weighted by molar-refractivity contribution is -0.169. The highest BCUT2D eigenvalue weighted by molar-refractivity contribution is 7.84. The number of rotatable bonds is 9. The Morgan fingerprint density at radius 2 is 1.92 bits per heavy atom. The van der Waals surface area contributed by atoms with Gasteiger partial charge in [0.2, 0.25) is 0 Å². The Hall–Kier alpha value is -0.720. The number of carbonyl (C=O) groups excluding carboxylic acids is 1. The molecule has 144 valence electrons. The molecule has 0 aliphatic carbocycles. The molecule has 0 spiro atoms. The van der Waals surface area contributed by atoms with Crippen molar-refractivity contribution in [2.75, 3.05) is 18.6 Å². The highest BCUT2D eigenvalue weighted by atomic mass is 32.2. The van der Waals surface area contributed by atoms with Crippen molar-refractivity contribution in [1.29, 1.82) is 0 Å². The predicted molar refractivity (Wildman–Crippen MR) is 99.8 cm³/mol. The molecule has 1 unspecified atom stereocenters. The van der Waals surface area contributed by atoms with Crippen LogP contribution in [-0.4, -0.2) is 51.1 Å². The maximum absolute atomic E-state index is 12.0. The van der Waals surface area contributed by atoms with Crippen LogP contribution in [0.5, 0.6) is 0 Å². The molecule has 5 atom stereocenters. The Kier molecular flexibility index (Phi) is 7.23. The summed E-state index contributed by atoms with van der Waals surface area (Å²) in [4.78, 5) is 11.9. The SMILES string of the molecule is CCS(=O)C[C@@H]1[C@H](CC=CCCC(C)(C)C(=O)N(C)O)[C@@H]2CC[C@H]1O2. The highest BCUT2D eigenvalue weighted by Crippen LogP contribution is 2.45. The van der Waals surface area contributed by atoms with Gasteiger partial charge in [-0.1, -0.05) is 32.9 Å². The summed E-state index contributed by atoms with van der Waals surface area (Å²) in [5, 5.41) is 9.99. The molecule has 0 aromatic heterocycles. The van der Waals surface area contributed by atoms with Gasteiger partial charge in [0.05, 0.1) is 12.2 Å². The van der Waals surface area contributed by atoms with E-state index in [4.69, 9.17) is 4.74 Å². The standard InChI is InChI=1S/C19H33NO4S/c1-5-25(23)13-15-14(16-10-11-17(15)24-16)9-7-6-8-12-19(2,3)18(21)20(4)22/h6-7,14-17,22H,5,8-13H2,1-4H3/t14-,15+,16-,17+,25?/m0/s1. The van der Waals surface area contributed by atoms with Gasteiger partial charge >= 0.3 is 0 Å². The molecule has 6 heteroatoms. The number of hydrogen-bond donors (Lipinski definition) is 1. The van der Waals surface area contributed by atoms with Crippen molar-refractivity contribution in [1.82, 2.24) is 5.06 Å². The number of fused-ring (bicyclic) bond motifs is 2. The van der Waals surface area contributed by atoms with Gasteiger partial charge in [0, 0.05) is 40.7 Å². The molecule has 0 saturated carbocycles. The highest BCUT2D eigenvalue weighted by Gasteiger charge is 2.48. The molecule has 0 aromatic rings. The molecule has 1 amide bonds. The second kappa shape index (κ2) is 8.78. The monoisotopic (exact) mass is 371 g/mol. The first-order valence-corrected chi connectivity index (χ1v) is 10.9. The van der Waals surface area contributed by atoms with Crippen LogP contribution in [0.1, 0.15) is 52.9 Å². The van der Waals surface area contributed by atoms with Crippen molar-refractivity contribution < 1.29 is 18.9 Å². The van der Waals surface area contributed by atoms with Crippen molar-refractivity contribution in [2.24, 2.45) is 17.3 Å². The Bertz CT molecular complexity index is 518. The van der Waals surface area contributed by atoms with Crippen LogP contribution in [0.4, 0.5) is 0 Å². The van der Waals surface area contributed by atoms with Gasteiger partial charge in [-0.2, -0.15) is 0 Å². The number of nitrogens with zero attached hydrogens (tertiary/aromatic N) is 1. The molecular weight excluding hydrogens is 338 g/mol. The largest absolute Gasteiger partial charge is 0.374 e. The normalized spacial score (nSPS) is 30.1. The van der Waals surface area contributed by atoms with Crippen molar-refractivity contribution in [3.8, 4) is 0 Å². The van der Waals surface area contributed by atoms with E-state index in [1.165, 1.54) is 7.05 Å². The fourth-order valence-corrected chi connectivity index (χ4v) is 5.25. The van der Waals surface area contributed by atoms with Gasteiger partial charge in [-0.3, -0.25) is 14.2 Å². The van der Waals surface area contributed by atoms with Crippen LogP contribution in [-0.2, 0) is 20.3 Å². The number of hydrogen-bond acceptors (Lipinski definition) is 4. The summed E-state index contributed by atoms with van der Waals surface area (Å²) in [6, 6.07) is 0. The minimum Gasteiger partial charge on any atom is -0.374 e. The van der Waals surface area contributed by atoms with Crippen LogP contribution >= 0.6 is 0 Å². The van der Waals surface area contributed by atoms with Crippen molar-refractivity contribution in [3.05, 3.63) is 12.2 Å². The van der Waals surface area contributed by atoms with Gasteiger partial charge in [0.15, 0.2) is 0 Å². The third kappa shape index (κ3) is 5.14. The van der Waals surface area contributed by atoms with E-state index in [0.29, 0.717) is 35.5 Å². The van der Waals surface area contributed by atoms with E-state index in [1.807, 2.05) is 20.8 Å². The minimum absolute atomic E-state index is 0.260. The Balaban J connectivity index is 1.82. The van der Waals surface area contributed by atoms with E-state index in [1.54, 1.807) is 0 Å². The number of hydroxylamine groups is 2. The molecule has 2 saturated heterocycles. The van der Waals surface area contributed by atoms with Gasteiger partial charge in [-0.15, -0.1) is 0 Å². The zero-order chi connectivity index (χ0) is 18.6. The average molecular weight is 372 g/mol. The summed E-state index contributed by atoms with van der Waals surface area (Å²) >= 11 is 0. The average Bonchev–Trinajstić information content (AvgIpc) is 3.15. The molecular formula is C19H33NO4S. The van der Waals surface area contributed by atoms with Gasteiger partial charge in [-0.05, 0) is 38.0 Å². The smallest absolute Gasteiger partial charge is 0.251 e. The van der Waals surface area contributed by atoms with E-state index >= 15 is 0 Å². The first-order valence-electron chi connectivity index (χ1n) is 9.38. The number of carbonyl (C=O) groups is 1. The molecule has 2 aliphatic rings. The van der Waals surface area contributed by atoms with Crippen molar-refractivity contribution >= 4 is 16.7 Å². The first kappa shape index (κ1) is 20.6. The molecule has 2 bridgehead atoms. The Morgan fingerprint density at radius 1 is 1.28 bits per heavy atom. The summed E-state index contributed by atoms with van der Waals surface area (Å²) in [7, 11) is 0.631. The van der Waals surface area contributed by atoms with Gasteiger partial charge in [-0.25, -0.2) is 5.06 Å². The van der Waals surface area contributed by atoms with Crippen molar-refractivity contribution in [2.45, 2.75) is 65.1 Å². The number of amides is 1. The molecule has 25 heavy (non-hydrogen) atoms. The zero-order valence-electron chi connectivity index (χ0n) is 15.9. The lowest BCUT2D eigenvalue weighted by Crippen LogP contribution is -2.36. The van der Waals surface area contributed by atoms with Crippen molar-refractivity contribution in [3.63, 3.8) is 0 Å². The molecule has 5 nitrogen and oxygen atoms in total. The lowest BCUT2D eigenvalue weighted by atomic mass is 9.78. The molecule has 1 N–H and O–H groups in total. The van der Waals surface area contributed by atoms with Crippen LogP contribution in [0.3, 0.4) is 0 Å². The first-order chi connectivity index (χ1) is 11.8. The predicted octanol–water partition coefficient (Wildman–Crippen LogP) is 3.15. The van der Waals surface area contributed by atoms with Crippen LogP contribution in [0.25, 0.3) is 0 Å². The Morgan fingerprint density at radius 3 is 2.52 bits per heavy atom. The quantitative estimate of drug-likeness (QED) is 0.384. The maximum atomic E-state index is 12.0. The van der Waals surface area contributed by atoms with Gasteiger partial charge in [0.25, 0.3) is 5.91 Å². The van der Waals surface area contributed by atoms with E-state index < -0.39 is 16.2 Å². The summed E-state index contributed by atoms with van der Waals surface area (Å²) in [5.41, 5.74) is -0.566. The van der Waals surface area contributed by atoms with Crippen LogP contribution in [0.15, 0.2) is 12.2 Å². The van der Waals surface area contributed by atoms with E-state index in [9.17, 15) is 14.2 Å². The second-order valence-electron chi connectivity index (χ2n) is 7.97. The summed E-state index contributed by atoms with van der Waals surface area (Å²) < 4.78 is 18.0. The molecule has 2 fully saturated rings. The summed E-state index contributed by atoms with van der Waals surface area (Å²) in [6.07, 6.45) is 9.66. The molecule has 2 heterocycles. The van der Waals surface area contributed by atoms with Gasteiger partial charge in [0.1, 0.15) is 0 Å².